The summed E-state index contributed by atoms with van der Waals surface area (Å²) in [5.74, 6) is -1.36. The average molecular weight is 551 g/mol. The van der Waals surface area contributed by atoms with E-state index in [2.05, 4.69) is 38.8 Å². The number of hydrogen-bond acceptors (Lipinski definition) is 6. The number of carboxylic acid groups (broad SMARTS) is 1. The van der Waals surface area contributed by atoms with E-state index in [-0.39, 0.29) is 36.7 Å². The first kappa shape index (κ1) is 30.3. The number of likely N-dealkylation sites (tertiary alicyclic amines) is 1. The lowest BCUT2D eigenvalue weighted by molar-refractivity contribution is -0.138. The molecule has 1 aromatic heterocycles. The van der Waals surface area contributed by atoms with Gasteiger partial charge in [-0.15, -0.1) is 0 Å². The molecule has 11 nitrogen and oxygen atoms in total. The van der Waals surface area contributed by atoms with E-state index in [4.69, 9.17) is 5.11 Å². The van der Waals surface area contributed by atoms with Crippen LogP contribution in [0.4, 0.5) is 0 Å². The third-order valence-electron chi connectivity index (χ3n) is 6.57. The van der Waals surface area contributed by atoms with Gasteiger partial charge in [0.05, 0.1) is 19.3 Å². The second kappa shape index (κ2) is 15.4. The molecule has 1 fully saturated rings. The van der Waals surface area contributed by atoms with Gasteiger partial charge in [0, 0.05) is 51.0 Å². The van der Waals surface area contributed by atoms with Crippen molar-refractivity contribution < 1.29 is 24.3 Å². The first-order chi connectivity index (χ1) is 19.3. The lowest BCUT2D eigenvalue weighted by Crippen LogP contribution is -2.46. The standard InChI is InChI=1S/C25H29N5O4.C4H9NO/c31-23(27-13-25(33)34)16-29(14-19-7-3-6-18-5-1-2-9-22(18)19)15-21-8-4-10-30(21)24(32)11-20-12-26-17-28-20;1-3-5-4(2)6/h1-3,5-7,9,12,17,21H,4,8,10-11,13-16H2,(H,26,28)(H,27,31)(H,33,34);3H2,1-2H3,(H,5,6). The number of hydrogen-bond donors (Lipinski definition) is 4. The molecule has 0 radical (unpaired) electrons. The number of carbonyl (C=O) groups is 4. The molecule has 0 bridgehead atoms. The van der Waals surface area contributed by atoms with E-state index in [1.165, 1.54) is 6.92 Å². The monoisotopic (exact) mass is 550 g/mol. The van der Waals surface area contributed by atoms with Gasteiger partial charge in [0.1, 0.15) is 6.54 Å². The number of nitrogens with zero attached hydrogens (tertiary/aromatic N) is 3. The van der Waals surface area contributed by atoms with Crippen molar-refractivity contribution in [2.75, 3.05) is 32.7 Å². The number of rotatable bonds is 11. The zero-order chi connectivity index (χ0) is 28.9. The highest BCUT2D eigenvalue weighted by Crippen LogP contribution is 2.23. The lowest BCUT2D eigenvalue weighted by atomic mass is 10.0. The van der Waals surface area contributed by atoms with Crippen LogP contribution in [0.1, 0.15) is 37.9 Å². The zero-order valence-electron chi connectivity index (χ0n) is 23.1. The molecular formula is C29H38N6O5. The second-order valence-electron chi connectivity index (χ2n) is 9.70. The van der Waals surface area contributed by atoms with Crippen molar-refractivity contribution in [1.29, 1.82) is 0 Å². The average Bonchev–Trinajstić information content (AvgIpc) is 3.60. The van der Waals surface area contributed by atoms with E-state index in [0.717, 1.165) is 41.4 Å². The minimum atomic E-state index is -1.08. The van der Waals surface area contributed by atoms with Crippen molar-refractivity contribution in [3.63, 3.8) is 0 Å². The highest BCUT2D eigenvalue weighted by molar-refractivity contribution is 5.86. The smallest absolute Gasteiger partial charge is 0.322 e. The molecule has 0 saturated carbocycles. The van der Waals surface area contributed by atoms with Crippen LogP contribution in [0.3, 0.4) is 0 Å². The van der Waals surface area contributed by atoms with Gasteiger partial charge < -0.3 is 25.6 Å². The largest absolute Gasteiger partial charge is 0.480 e. The Hall–Kier alpha value is -4.25. The Kier molecular flexibility index (Phi) is 11.6. The molecule has 4 rings (SSSR count). The minimum Gasteiger partial charge on any atom is -0.480 e. The van der Waals surface area contributed by atoms with Crippen LogP contribution in [-0.2, 0) is 32.1 Å². The summed E-state index contributed by atoms with van der Waals surface area (Å²) in [7, 11) is 0. The molecule has 3 aromatic rings. The van der Waals surface area contributed by atoms with Gasteiger partial charge in [-0.05, 0) is 36.1 Å². The number of H-pyrrole nitrogens is 1. The van der Waals surface area contributed by atoms with Crippen LogP contribution in [0.15, 0.2) is 55.0 Å². The number of carbonyl (C=O) groups excluding carboxylic acids is 3. The Morgan fingerprint density at radius 1 is 1.12 bits per heavy atom. The molecule has 11 heteroatoms. The molecule has 1 unspecified atom stereocenters. The van der Waals surface area contributed by atoms with E-state index in [1.807, 2.05) is 41.0 Å². The van der Waals surface area contributed by atoms with Crippen LogP contribution >= 0.6 is 0 Å². The van der Waals surface area contributed by atoms with Crippen LogP contribution < -0.4 is 10.6 Å². The van der Waals surface area contributed by atoms with Crippen molar-refractivity contribution in [3.8, 4) is 0 Å². The van der Waals surface area contributed by atoms with Crippen molar-refractivity contribution >= 4 is 34.5 Å². The molecule has 2 aromatic carbocycles. The quantitative estimate of drug-likeness (QED) is 0.285. The number of fused-ring (bicyclic) bond motifs is 1. The molecule has 3 amide bonds. The third-order valence-corrected chi connectivity index (χ3v) is 6.57. The summed E-state index contributed by atoms with van der Waals surface area (Å²) >= 11 is 0. The van der Waals surface area contributed by atoms with E-state index < -0.39 is 12.5 Å². The molecule has 0 aliphatic carbocycles. The second-order valence-corrected chi connectivity index (χ2v) is 9.70. The number of benzene rings is 2. The van der Waals surface area contributed by atoms with Gasteiger partial charge in [-0.1, -0.05) is 42.5 Å². The Bertz CT molecular complexity index is 1270. The van der Waals surface area contributed by atoms with Crippen molar-refractivity contribution in [3.05, 3.63) is 66.2 Å². The maximum Gasteiger partial charge on any atom is 0.322 e. The number of aromatic amines is 1. The fraction of sp³-hybridized carbons (Fsp3) is 0.414. The maximum absolute atomic E-state index is 13.0. The molecular weight excluding hydrogens is 512 g/mol. The molecule has 1 aliphatic heterocycles. The number of carboxylic acids is 1. The molecule has 40 heavy (non-hydrogen) atoms. The molecule has 1 saturated heterocycles. The van der Waals surface area contributed by atoms with E-state index in [1.54, 1.807) is 12.5 Å². The molecule has 1 atom stereocenters. The number of amides is 3. The Morgan fingerprint density at radius 3 is 2.58 bits per heavy atom. The lowest BCUT2D eigenvalue weighted by Gasteiger charge is -2.31. The van der Waals surface area contributed by atoms with Crippen LogP contribution in [0.5, 0.6) is 0 Å². The predicted molar refractivity (Wildman–Crippen MR) is 151 cm³/mol. The van der Waals surface area contributed by atoms with E-state index in [9.17, 15) is 19.2 Å². The fourth-order valence-corrected chi connectivity index (χ4v) is 4.84. The van der Waals surface area contributed by atoms with Crippen LogP contribution in [0.2, 0.25) is 0 Å². The highest BCUT2D eigenvalue weighted by Gasteiger charge is 2.31. The number of aromatic nitrogens is 2. The van der Waals surface area contributed by atoms with Crippen LogP contribution in [0.25, 0.3) is 10.8 Å². The van der Waals surface area contributed by atoms with Gasteiger partial charge in [-0.3, -0.25) is 24.1 Å². The summed E-state index contributed by atoms with van der Waals surface area (Å²) in [6.07, 6.45) is 5.25. The summed E-state index contributed by atoms with van der Waals surface area (Å²) in [5, 5.41) is 16.2. The third kappa shape index (κ3) is 9.49. The summed E-state index contributed by atoms with van der Waals surface area (Å²) < 4.78 is 0. The van der Waals surface area contributed by atoms with Gasteiger partial charge in [0.25, 0.3) is 0 Å². The van der Waals surface area contributed by atoms with Crippen LogP contribution in [-0.4, -0.2) is 87.3 Å². The first-order valence-corrected chi connectivity index (χ1v) is 13.5. The summed E-state index contributed by atoms with van der Waals surface area (Å²) in [5.41, 5.74) is 1.86. The van der Waals surface area contributed by atoms with Gasteiger partial charge >= 0.3 is 5.97 Å². The van der Waals surface area contributed by atoms with Crippen molar-refractivity contribution in [2.24, 2.45) is 0 Å². The number of nitrogens with one attached hydrogen (secondary N) is 3. The number of aliphatic carboxylic acids is 1. The zero-order valence-corrected chi connectivity index (χ0v) is 23.1. The molecule has 0 spiro atoms. The maximum atomic E-state index is 13.0. The van der Waals surface area contributed by atoms with Gasteiger partial charge in [-0.25, -0.2) is 4.98 Å². The predicted octanol–water partition coefficient (Wildman–Crippen LogP) is 1.94. The topological polar surface area (TPSA) is 148 Å². The van der Waals surface area contributed by atoms with Gasteiger partial charge in [0.2, 0.25) is 17.7 Å². The summed E-state index contributed by atoms with van der Waals surface area (Å²) in [6, 6.07) is 14.2. The minimum absolute atomic E-state index is 0.0160. The molecule has 4 N–H and O–H groups in total. The highest BCUT2D eigenvalue weighted by atomic mass is 16.4. The van der Waals surface area contributed by atoms with E-state index in [0.29, 0.717) is 19.6 Å². The summed E-state index contributed by atoms with van der Waals surface area (Å²) in [6.45, 7) is 5.49. The fourth-order valence-electron chi connectivity index (χ4n) is 4.84. The molecule has 2 heterocycles. The normalized spacial score (nSPS) is 14.5. The summed E-state index contributed by atoms with van der Waals surface area (Å²) in [4.78, 5) is 57.1. The number of imidazole rings is 1. The van der Waals surface area contributed by atoms with Crippen molar-refractivity contribution in [2.45, 2.75) is 45.7 Å². The molecule has 1 aliphatic rings. The van der Waals surface area contributed by atoms with Crippen LogP contribution in [0, 0.1) is 0 Å². The van der Waals surface area contributed by atoms with Gasteiger partial charge in [0.15, 0.2) is 0 Å². The van der Waals surface area contributed by atoms with E-state index >= 15 is 0 Å². The Morgan fingerprint density at radius 2 is 1.90 bits per heavy atom. The first-order valence-electron chi connectivity index (χ1n) is 13.5. The molecule has 214 valence electrons. The van der Waals surface area contributed by atoms with Crippen molar-refractivity contribution in [1.82, 2.24) is 30.4 Å². The van der Waals surface area contributed by atoms with Gasteiger partial charge in [-0.2, -0.15) is 0 Å². The SMILES string of the molecule is CCNC(C)=O.O=C(O)CNC(=O)CN(Cc1cccc2ccccc12)CC1CCCN1C(=O)Cc1cnc[nH]1. The Labute approximate surface area is 233 Å². The Balaban J connectivity index is 0.000000663.